The van der Waals surface area contributed by atoms with Gasteiger partial charge in [0.1, 0.15) is 11.3 Å². The van der Waals surface area contributed by atoms with Gasteiger partial charge in [-0.25, -0.2) is 0 Å². The number of amides is 2. The molecule has 2 aliphatic heterocycles. The molecule has 2 atom stereocenters. The van der Waals surface area contributed by atoms with Gasteiger partial charge in [-0.1, -0.05) is 48.5 Å². The molecule has 2 aromatic carbocycles. The van der Waals surface area contributed by atoms with Gasteiger partial charge in [-0.3, -0.25) is 9.59 Å². The van der Waals surface area contributed by atoms with Gasteiger partial charge in [0.05, 0.1) is 7.11 Å². The quantitative estimate of drug-likeness (QED) is 0.922. The fourth-order valence-corrected chi connectivity index (χ4v) is 4.38. The van der Waals surface area contributed by atoms with Crippen LogP contribution in [0.1, 0.15) is 29.9 Å². The number of para-hydroxylation sites is 1. The molecule has 26 heavy (non-hydrogen) atoms. The zero-order valence-corrected chi connectivity index (χ0v) is 14.8. The molecule has 0 aromatic heterocycles. The number of carbonyl (C=O) groups excluding carboxylic acids is 2. The summed E-state index contributed by atoms with van der Waals surface area (Å²) >= 11 is 0. The van der Waals surface area contributed by atoms with Crippen LogP contribution in [0.5, 0.6) is 5.75 Å². The third kappa shape index (κ3) is 2.46. The van der Waals surface area contributed by atoms with Gasteiger partial charge in [0.2, 0.25) is 11.8 Å². The Morgan fingerprint density at radius 2 is 1.85 bits per heavy atom. The zero-order valence-electron chi connectivity index (χ0n) is 14.8. The number of rotatable bonds is 4. The van der Waals surface area contributed by atoms with Gasteiger partial charge in [-0.2, -0.15) is 0 Å². The van der Waals surface area contributed by atoms with E-state index in [1.807, 2.05) is 54.6 Å². The molecule has 2 aromatic rings. The van der Waals surface area contributed by atoms with Crippen molar-refractivity contribution >= 4 is 11.8 Å². The smallest absolute Gasteiger partial charge is 0.246 e. The van der Waals surface area contributed by atoms with Gasteiger partial charge < -0.3 is 15.0 Å². The third-order valence-corrected chi connectivity index (χ3v) is 5.64. The lowest BCUT2D eigenvalue weighted by Gasteiger charge is -2.38. The Kier molecular flexibility index (Phi) is 4.15. The zero-order chi connectivity index (χ0) is 18.1. The van der Waals surface area contributed by atoms with Crippen LogP contribution in [0.25, 0.3) is 0 Å². The van der Waals surface area contributed by atoms with Crippen molar-refractivity contribution in [2.24, 2.45) is 0 Å². The first-order chi connectivity index (χ1) is 12.7. The summed E-state index contributed by atoms with van der Waals surface area (Å²) in [6.45, 7) is 0.955. The minimum Gasteiger partial charge on any atom is -0.496 e. The molecule has 4 rings (SSSR count). The SMILES string of the molecule is COc1ccccc1[C@H]1CNC(=O)[C@]12CCC(=O)N2Cc1ccccc1. The first-order valence-corrected chi connectivity index (χ1v) is 8.92. The number of hydrogen-bond donors (Lipinski definition) is 1. The fourth-order valence-electron chi connectivity index (χ4n) is 4.38. The highest BCUT2D eigenvalue weighted by molar-refractivity contribution is 5.97. The summed E-state index contributed by atoms with van der Waals surface area (Å²) < 4.78 is 5.53. The highest BCUT2D eigenvalue weighted by atomic mass is 16.5. The molecule has 1 spiro atoms. The Morgan fingerprint density at radius 3 is 2.62 bits per heavy atom. The van der Waals surface area contributed by atoms with Gasteiger partial charge in [0.25, 0.3) is 0 Å². The molecule has 0 saturated carbocycles. The predicted molar refractivity (Wildman–Crippen MR) is 97.7 cm³/mol. The Labute approximate surface area is 153 Å². The number of hydrogen-bond acceptors (Lipinski definition) is 3. The van der Waals surface area contributed by atoms with E-state index < -0.39 is 5.54 Å². The van der Waals surface area contributed by atoms with E-state index in [2.05, 4.69) is 5.32 Å². The second-order valence-electron chi connectivity index (χ2n) is 6.89. The van der Waals surface area contributed by atoms with Gasteiger partial charge in [0.15, 0.2) is 0 Å². The van der Waals surface area contributed by atoms with E-state index >= 15 is 0 Å². The summed E-state index contributed by atoms with van der Waals surface area (Å²) in [5.41, 5.74) is 1.16. The van der Waals surface area contributed by atoms with E-state index in [0.29, 0.717) is 25.9 Å². The standard InChI is InChI=1S/C21H22N2O3/c1-26-18-10-6-5-9-16(18)17-13-22-20(25)21(17)12-11-19(24)23(21)14-15-7-3-2-4-8-15/h2-10,17H,11-14H2,1H3,(H,22,25)/t17-,21+/m1/s1. The third-order valence-electron chi connectivity index (χ3n) is 5.64. The van der Waals surface area contributed by atoms with Crippen LogP contribution in [0, 0.1) is 0 Å². The molecule has 0 bridgehead atoms. The van der Waals surface area contributed by atoms with Crippen LogP contribution in [-0.2, 0) is 16.1 Å². The highest BCUT2D eigenvalue weighted by Gasteiger charge is 2.59. The molecule has 1 N–H and O–H groups in total. The van der Waals surface area contributed by atoms with Crippen molar-refractivity contribution in [3.8, 4) is 5.75 Å². The molecular formula is C21H22N2O3. The number of nitrogens with one attached hydrogen (secondary N) is 1. The Morgan fingerprint density at radius 1 is 1.12 bits per heavy atom. The van der Waals surface area contributed by atoms with Crippen LogP contribution < -0.4 is 10.1 Å². The molecule has 5 nitrogen and oxygen atoms in total. The lowest BCUT2D eigenvalue weighted by atomic mass is 9.79. The van der Waals surface area contributed by atoms with Crippen LogP contribution in [0.2, 0.25) is 0 Å². The van der Waals surface area contributed by atoms with Crippen molar-refractivity contribution in [3.63, 3.8) is 0 Å². The van der Waals surface area contributed by atoms with Crippen LogP contribution in [0.3, 0.4) is 0 Å². The first kappa shape index (κ1) is 16.6. The second-order valence-corrected chi connectivity index (χ2v) is 6.89. The van der Waals surface area contributed by atoms with Crippen LogP contribution in [0.15, 0.2) is 54.6 Å². The molecular weight excluding hydrogens is 328 g/mol. The number of methoxy groups -OCH3 is 1. The van der Waals surface area contributed by atoms with E-state index in [1.54, 1.807) is 12.0 Å². The molecule has 0 radical (unpaired) electrons. The number of nitrogens with zero attached hydrogens (tertiary/aromatic N) is 1. The minimum atomic E-state index is -0.846. The summed E-state index contributed by atoms with van der Waals surface area (Å²) in [4.78, 5) is 27.5. The number of ether oxygens (including phenoxy) is 1. The van der Waals surface area contributed by atoms with Crippen LogP contribution in [0.4, 0.5) is 0 Å². The van der Waals surface area contributed by atoms with E-state index in [-0.39, 0.29) is 17.7 Å². The van der Waals surface area contributed by atoms with Crippen molar-refractivity contribution in [1.29, 1.82) is 0 Å². The van der Waals surface area contributed by atoms with Gasteiger partial charge in [-0.05, 0) is 18.1 Å². The van der Waals surface area contributed by atoms with Crippen LogP contribution >= 0.6 is 0 Å². The maximum Gasteiger partial charge on any atom is 0.246 e. The lowest BCUT2D eigenvalue weighted by molar-refractivity contribution is -0.140. The van der Waals surface area contributed by atoms with E-state index in [1.165, 1.54) is 0 Å². The molecule has 2 amide bonds. The van der Waals surface area contributed by atoms with Gasteiger partial charge in [0, 0.05) is 31.0 Å². The summed E-state index contributed by atoms with van der Waals surface area (Å²) in [6.07, 6.45) is 0.930. The highest BCUT2D eigenvalue weighted by Crippen LogP contribution is 2.47. The van der Waals surface area contributed by atoms with Crippen molar-refractivity contribution in [2.45, 2.75) is 30.8 Å². The number of carbonyl (C=O) groups is 2. The molecule has 2 aliphatic rings. The maximum atomic E-state index is 13.0. The Bertz CT molecular complexity index is 836. The normalized spacial score (nSPS) is 25.0. The largest absolute Gasteiger partial charge is 0.496 e. The van der Waals surface area contributed by atoms with Gasteiger partial charge >= 0.3 is 0 Å². The van der Waals surface area contributed by atoms with Crippen molar-refractivity contribution in [1.82, 2.24) is 10.2 Å². The Balaban J connectivity index is 1.77. The van der Waals surface area contributed by atoms with Gasteiger partial charge in [-0.15, -0.1) is 0 Å². The van der Waals surface area contributed by atoms with E-state index in [9.17, 15) is 9.59 Å². The molecule has 2 fully saturated rings. The van der Waals surface area contributed by atoms with Crippen molar-refractivity contribution < 1.29 is 14.3 Å². The predicted octanol–water partition coefficient (Wildman–Crippen LogP) is 2.47. The average Bonchev–Trinajstić information content (AvgIpc) is 3.18. The molecule has 134 valence electrons. The van der Waals surface area contributed by atoms with E-state index in [4.69, 9.17) is 4.74 Å². The number of benzene rings is 2. The van der Waals surface area contributed by atoms with Crippen molar-refractivity contribution in [2.75, 3.05) is 13.7 Å². The van der Waals surface area contributed by atoms with E-state index in [0.717, 1.165) is 16.9 Å². The Hall–Kier alpha value is -2.82. The van der Waals surface area contributed by atoms with Crippen molar-refractivity contribution in [3.05, 3.63) is 65.7 Å². The molecule has 2 saturated heterocycles. The maximum absolute atomic E-state index is 13.0. The first-order valence-electron chi connectivity index (χ1n) is 8.92. The molecule has 2 heterocycles. The fraction of sp³-hybridized carbons (Fsp3) is 0.333. The van der Waals surface area contributed by atoms with Crippen LogP contribution in [-0.4, -0.2) is 35.9 Å². The summed E-state index contributed by atoms with van der Waals surface area (Å²) in [5, 5.41) is 3.00. The summed E-state index contributed by atoms with van der Waals surface area (Å²) in [6, 6.07) is 17.6. The summed E-state index contributed by atoms with van der Waals surface area (Å²) in [7, 11) is 1.64. The molecule has 0 unspecified atom stereocenters. The molecule has 0 aliphatic carbocycles. The lowest BCUT2D eigenvalue weighted by Crippen LogP contribution is -2.53. The average molecular weight is 350 g/mol. The molecule has 5 heteroatoms. The number of likely N-dealkylation sites (tertiary alicyclic amines) is 1. The monoisotopic (exact) mass is 350 g/mol. The topological polar surface area (TPSA) is 58.6 Å². The summed E-state index contributed by atoms with van der Waals surface area (Å²) in [5.74, 6) is 0.606. The second kappa shape index (κ2) is 6.48. The minimum absolute atomic E-state index is 0.0331.